The highest BCUT2D eigenvalue weighted by molar-refractivity contribution is 5.97. The zero-order valence-electron chi connectivity index (χ0n) is 23.2. The summed E-state index contributed by atoms with van der Waals surface area (Å²) in [5.74, 6) is 0.405. The van der Waals surface area contributed by atoms with Crippen molar-refractivity contribution in [2.24, 2.45) is 17.6 Å². The molecule has 0 unspecified atom stereocenters. The van der Waals surface area contributed by atoms with Crippen molar-refractivity contribution in [3.63, 3.8) is 0 Å². The molecule has 1 aliphatic carbocycles. The number of aromatic nitrogens is 4. The summed E-state index contributed by atoms with van der Waals surface area (Å²) in [5, 5.41) is 29.7. The van der Waals surface area contributed by atoms with Crippen molar-refractivity contribution in [3.8, 4) is 22.5 Å². The molecule has 1 saturated carbocycles. The lowest BCUT2D eigenvalue weighted by Crippen LogP contribution is -2.48. The van der Waals surface area contributed by atoms with Gasteiger partial charge in [0.1, 0.15) is 6.04 Å². The van der Waals surface area contributed by atoms with Crippen LogP contribution in [0.1, 0.15) is 36.8 Å². The lowest BCUT2D eigenvalue weighted by Gasteiger charge is -2.28. The van der Waals surface area contributed by atoms with E-state index in [4.69, 9.17) is 5.73 Å². The minimum atomic E-state index is -0.762. The van der Waals surface area contributed by atoms with Gasteiger partial charge in [0.25, 0.3) is 0 Å². The molecule has 1 fully saturated rings. The average Bonchev–Trinajstić information content (AvgIpc) is 3.57. The maximum atomic E-state index is 13.5. The van der Waals surface area contributed by atoms with Crippen molar-refractivity contribution in [2.75, 3.05) is 11.9 Å². The van der Waals surface area contributed by atoms with Gasteiger partial charge < -0.3 is 21.5 Å². The van der Waals surface area contributed by atoms with Crippen LogP contribution >= 0.6 is 12.4 Å². The molecule has 0 radical (unpaired) electrons. The number of hydrogen-bond acceptors (Lipinski definition) is 7. The topological polar surface area (TPSA) is 159 Å². The van der Waals surface area contributed by atoms with Crippen LogP contribution in [0.15, 0.2) is 72.8 Å². The fourth-order valence-electron chi connectivity index (χ4n) is 5.37. The third-order valence-electron chi connectivity index (χ3n) is 7.83. The number of nitrogens with zero attached hydrogens (tertiary/aromatic N) is 3. The Labute approximate surface area is 250 Å². The molecule has 4 aromatic rings. The summed E-state index contributed by atoms with van der Waals surface area (Å²) in [6, 6.07) is 22.0. The van der Waals surface area contributed by atoms with Crippen LogP contribution in [0.2, 0.25) is 0 Å². The standard InChI is InChI=1S/C31H35N7O3.ClH/c32-18-21-7-11-24(12-8-21)30(40)34-28(31(41)33-26-15-13-23(14-16-26)29-35-37-38-36-29)17-20-5-9-22(10-6-20)27-4-2-1-3-25(27)19-39;/h1-6,9-10,13-16,21,24,28,39H,7-8,11-12,17-19,32H2,(H,33,41)(H,34,40)(H,35,36,37,38);1H/t21?,24?,28-;/m0./s1. The fraction of sp³-hybridized carbons (Fsp3) is 0.323. The van der Waals surface area contributed by atoms with Gasteiger partial charge >= 0.3 is 0 Å². The van der Waals surface area contributed by atoms with Crippen LogP contribution < -0.4 is 16.4 Å². The summed E-state index contributed by atoms with van der Waals surface area (Å²) >= 11 is 0. The molecular formula is C31H36ClN7O3. The number of rotatable bonds is 10. The van der Waals surface area contributed by atoms with E-state index in [1.54, 1.807) is 24.3 Å². The smallest absolute Gasteiger partial charge is 0.247 e. The Bertz CT molecular complexity index is 1440. The number of carbonyl (C=O) groups excluding carboxylic acids is 2. The third kappa shape index (κ3) is 7.58. The second kappa shape index (κ2) is 14.7. The van der Waals surface area contributed by atoms with Crippen molar-refractivity contribution in [1.29, 1.82) is 0 Å². The molecule has 0 aliphatic heterocycles. The first kappa shape index (κ1) is 30.8. The van der Waals surface area contributed by atoms with Crippen molar-refractivity contribution in [1.82, 2.24) is 25.9 Å². The number of amides is 2. The molecule has 11 heteroatoms. The van der Waals surface area contributed by atoms with Gasteiger partial charge in [-0.3, -0.25) is 9.59 Å². The van der Waals surface area contributed by atoms with Gasteiger partial charge in [-0.25, -0.2) is 0 Å². The number of nitrogens with one attached hydrogen (secondary N) is 3. The Morgan fingerprint density at radius 1 is 0.952 bits per heavy atom. The zero-order valence-corrected chi connectivity index (χ0v) is 24.0. The number of halogens is 1. The molecule has 220 valence electrons. The molecule has 2 amide bonds. The van der Waals surface area contributed by atoms with E-state index in [9.17, 15) is 14.7 Å². The van der Waals surface area contributed by atoms with Crippen molar-refractivity contribution in [2.45, 2.75) is 44.8 Å². The second-order valence-corrected chi connectivity index (χ2v) is 10.5. The number of anilines is 1. The van der Waals surface area contributed by atoms with Crippen LogP contribution in [-0.2, 0) is 22.6 Å². The number of hydrogen-bond donors (Lipinski definition) is 5. The summed E-state index contributed by atoms with van der Waals surface area (Å²) in [7, 11) is 0. The fourth-order valence-corrected chi connectivity index (χ4v) is 5.37. The molecular weight excluding hydrogens is 554 g/mol. The molecule has 0 spiro atoms. The quantitative estimate of drug-likeness (QED) is 0.188. The van der Waals surface area contributed by atoms with E-state index in [1.807, 2.05) is 48.5 Å². The number of nitrogens with two attached hydrogens (primary N) is 1. The van der Waals surface area contributed by atoms with Gasteiger partial charge in [0, 0.05) is 23.6 Å². The number of tetrazole rings is 1. The van der Waals surface area contributed by atoms with E-state index in [0.29, 0.717) is 30.4 Å². The minimum Gasteiger partial charge on any atom is -0.392 e. The SMILES string of the molecule is Cl.NCC1CCC(C(=O)N[C@@H](Cc2ccc(-c3ccccc3CO)cc2)C(=O)Nc2ccc(-c3nn[nH]n3)cc2)CC1. The van der Waals surface area contributed by atoms with Crippen LogP contribution in [0.25, 0.3) is 22.5 Å². The molecule has 3 aromatic carbocycles. The summed E-state index contributed by atoms with van der Waals surface area (Å²) in [6.45, 7) is 0.596. The first-order chi connectivity index (χ1) is 20.0. The van der Waals surface area contributed by atoms with E-state index in [0.717, 1.165) is 53.5 Å². The Balaban J connectivity index is 0.00000405. The van der Waals surface area contributed by atoms with Gasteiger partial charge in [-0.1, -0.05) is 48.5 Å². The first-order valence-electron chi connectivity index (χ1n) is 14.0. The highest BCUT2D eigenvalue weighted by Gasteiger charge is 2.29. The lowest BCUT2D eigenvalue weighted by atomic mass is 9.81. The summed E-state index contributed by atoms with van der Waals surface area (Å²) in [6.07, 6.45) is 3.74. The number of benzene rings is 3. The molecule has 1 aromatic heterocycles. The predicted octanol–water partition coefficient (Wildman–Crippen LogP) is 3.88. The summed E-state index contributed by atoms with van der Waals surface area (Å²) in [4.78, 5) is 26.8. The second-order valence-electron chi connectivity index (χ2n) is 10.5. The third-order valence-corrected chi connectivity index (χ3v) is 7.83. The minimum absolute atomic E-state index is 0. The van der Waals surface area contributed by atoms with Crippen molar-refractivity contribution >= 4 is 29.9 Å². The average molecular weight is 590 g/mol. The maximum Gasteiger partial charge on any atom is 0.247 e. The molecule has 5 rings (SSSR count). The van der Waals surface area contributed by atoms with E-state index in [-0.39, 0.29) is 36.7 Å². The highest BCUT2D eigenvalue weighted by atomic mass is 35.5. The molecule has 1 atom stereocenters. The van der Waals surface area contributed by atoms with E-state index in [2.05, 4.69) is 31.3 Å². The summed E-state index contributed by atoms with van der Waals surface area (Å²) < 4.78 is 0. The number of carbonyl (C=O) groups is 2. The summed E-state index contributed by atoms with van der Waals surface area (Å²) in [5.41, 5.74) is 10.9. The predicted molar refractivity (Wildman–Crippen MR) is 163 cm³/mol. The van der Waals surface area contributed by atoms with E-state index < -0.39 is 6.04 Å². The zero-order chi connectivity index (χ0) is 28.6. The Morgan fingerprint density at radius 3 is 2.29 bits per heavy atom. The van der Waals surface area contributed by atoms with Crippen LogP contribution in [0.4, 0.5) is 5.69 Å². The Hall–Kier alpha value is -4.12. The number of aromatic amines is 1. The molecule has 1 aliphatic rings. The van der Waals surface area contributed by atoms with E-state index in [1.165, 1.54) is 0 Å². The highest BCUT2D eigenvalue weighted by Crippen LogP contribution is 2.29. The monoisotopic (exact) mass is 589 g/mol. The van der Waals surface area contributed by atoms with Crippen molar-refractivity contribution < 1.29 is 14.7 Å². The maximum absolute atomic E-state index is 13.5. The van der Waals surface area contributed by atoms with Gasteiger partial charge in [0.15, 0.2) is 0 Å². The van der Waals surface area contributed by atoms with Gasteiger partial charge in [-0.2, -0.15) is 5.21 Å². The first-order valence-corrected chi connectivity index (χ1v) is 14.0. The molecule has 1 heterocycles. The molecule has 0 bridgehead atoms. The number of H-pyrrole nitrogens is 1. The van der Waals surface area contributed by atoms with Crippen LogP contribution in [-0.4, -0.2) is 50.1 Å². The van der Waals surface area contributed by atoms with Crippen LogP contribution in [0.3, 0.4) is 0 Å². The van der Waals surface area contributed by atoms with Crippen LogP contribution in [0.5, 0.6) is 0 Å². The molecule has 10 nitrogen and oxygen atoms in total. The van der Waals surface area contributed by atoms with Crippen LogP contribution in [0, 0.1) is 11.8 Å². The Morgan fingerprint density at radius 2 is 1.64 bits per heavy atom. The number of aliphatic hydroxyl groups is 1. The van der Waals surface area contributed by atoms with Gasteiger partial charge in [-0.15, -0.1) is 22.6 Å². The lowest BCUT2D eigenvalue weighted by molar-refractivity contribution is -0.130. The van der Waals surface area contributed by atoms with Crippen molar-refractivity contribution in [3.05, 3.63) is 83.9 Å². The van der Waals surface area contributed by atoms with Gasteiger partial charge in [-0.05, 0) is 89.9 Å². The normalized spacial score (nSPS) is 17.1. The Kier molecular flexibility index (Phi) is 10.8. The molecule has 0 saturated heterocycles. The van der Waals surface area contributed by atoms with E-state index >= 15 is 0 Å². The largest absolute Gasteiger partial charge is 0.392 e. The molecule has 6 N–H and O–H groups in total. The van der Waals surface area contributed by atoms with Gasteiger partial charge in [0.05, 0.1) is 6.61 Å². The molecule has 42 heavy (non-hydrogen) atoms. The number of aliphatic hydroxyl groups excluding tert-OH is 1. The van der Waals surface area contributed by atoms with Gasteiger partial charge in [0.2, 0.25) is 17.6 Å².